The SMILES string of the molecule is CC1(C)CN(Cc2cnccn2)CC(CO)O1. The molecule has 0 saturated carbocycles. The normalized spacial score (nSPS) is 24.8. The van der Waals surface area contributed by atoms with Crippen molar-refractivity contribution >= 4 is 0 Å². The number of morpholine rings is 1. The summed E-state index contributed by atoms with van der Waals surface area (Å²) in [6.45, 7) is 6.45. The van der Waals surface area contributed by atoms with Crippen LogP contribution in [0.1, 0.15) is 19.5 Å². The highest BCUT2D eigenvalue weighted by Gasteiger charge is 2.32. The van der Waals surface area contributed by atoms with E-state index >= 15 is 0 Å². The van der Waals surface area contributed by atoms with Gasteiger partial charge in [-0.2, -0.15) is 0 Å². The van der Waals surface area contributed by atoms with Crippen molar-refractivity contribution < 1.29 is 9.84 Å². The van der Waals surface area contributed by atoms with Crippen LogP contribution in [0.5, 0.6) is 0 Å². The van der Waals surface area contributed by atoms with Gasteiger partial charge in [0.2, 0.25) is 0 Å². The van der Waals surface area contributed by atoms with Gasteiger partial charge in [0, 0.05) is 38.2 Å². The quantitative estimate of drug-likeness (QED) is 0.827. The summed E-state index contributed by atoms with van der Waals surface area (Å²) >= 11 is 0. The van der Waals surface area contributed by atoms with E-state index in [4.69, 9.17) is 4.74 Å². The van der Waals surface area contributed by atoms with Gasteiger partial charge in [-0.25, -0.2) is 0 Å². The molecule has 2 heterocycles. The molecule has 1 aliphatic rings. The summed E-state index contributed by atoms with van der Waals surface area (Å²) in [5, 5.41) is 9.23. The zero-order valence-corrected chi connectivity index (χ0v) is 10.3. The average Bonchev–Trinajstić information content (AvgIpc) is 2.28. The van der Waals surface area contributed by atoms with Gasteiger partial charge in [-0.05, 0) is 13.8 Å². The molecule has 1 atom stereocenters. The number of aromatic nitrogens is 2. The van der Waals surface area contributed by atoms with Crippen LogP contribution in [0.2, 0.25) is 0 Å². The molecule has 1 fully saturated rings. The van der Waals surface area contributed by atoms with Gasteiger partial charge >= 0.3 is 0 Å². The van der Waals surface area contributed by atoms with Gasteiger partial charge in [-0.3, -0.25) is 14.9 Å². The molecule has 0 amide bonds. The number of rotatable bonds is 3. The van der Waals surface area contributed by atoms with Gasteiger partial charge in [0.25, 0.3) is 0 Å². The van der Waals surface area contributed by atoms with Crippen molar-refractivity contribution in [1.82, 2.24) is 14.9 Å². The lowest BCUT2D eigenvalue weighted by atomic mass is 10.1. The molecule has 1 N–H and O–H groups in total. The number of hydrogen-bond acceptors (Lipinski definition) is 5. The molecule has 1 aromatic rings. The number of aliphatic hydroxyl groups is 1. The van der Waals surface area contributed by atoms with Crippen LogP contribution < -0.4 is 0 Å². The van der Waals surface area contributed by atoms with Crippen LogP contribution in [-0.4, -0.2) is 51.4 Å². The van der Waals surface area contributed by atoms with E-state index in [1.807, 2.05) is 13.8 Å². The number of aliphatic hydroxyl groups excluding tert-OH is 1. The topological polar surface area (TPSA) is 58.5 Å². The maximum atomic E-state index is 9.23. The lowest BCUT2D eigenvalue weighted by Crippen LogP contribution is -2.53. The molecule has 0 spiro atoms. The van der Waals surface area contributed by atoms with E-state index in [-0.39, 0.29) is 18.3 Å². The van der Waals surface area contributed by atoms with Crippen molar-refractivity contribution in [3.63, 3.8) is 0 Å². The molecular formula is C12H19N3O2. The molecular weight excluding hydrogens is 218 g/mol. The second-order valence-corrected chi connectivity index (χ2v) is 5.05. The Morgan fingerprint density at radius 3 is 3.00 bits per heavy atom. The van der Waals surface area contributed by atoms with Gasteiger partial charge in [-0.1, -0.05) is 0 Å². The molecule has 1 aliphatic heterocycles. The van der Waals surface area contributed by atoms with Gasteiger partial charge in [0.15, 0.2) is 0 Å². The molecule has 0 aliphatic carbocycles. The molecule has 2 rings (SSSR count). The minimum absolute atomic E-state index is 0.0560. The monoisotopic (exact) mass is 237 g/mol. The van der Waals surface area contributed by atoms with Crippen LogP contribution in [0.25, 0.3) is 0 Å². The lowest BCUT2D eigenvalue weighted by Gasteiger charge is -2.42. The van der Waals surface area contributed by atoms with Crippen molar-refractivity contribution in [3.05, 3.63) is 24.3 Å². The fourth-order valence-electron chi connectivity index (χ4n) is 2.27. The van der Waals surface area contributed by atoms with Crippen molar-refractivity contribution in [2.24, 2.45) is 0 Å². The van der Waals surface area contributed by atoms with Crippen LogP contribution in [0.4, 0.5) is 0 Å². The third-order valence-electron chi connectivity index (χ3n) is 2.76. The van der Waals surface area contributed by atoms with Crippen molar-refractivity contribution in [2.45, 2.75) is 32.1 Å². The van der Waals surface area contributed by atoms with Crippen LogP contribution in [0.15, 0.2) is 18.6 Å². The predicted octanol–water partition coefficient (Wildman–Crippen LogP) is 0.448. The molecule has 94 valence electrons. The summed E-state index contributed by atoms with van der Waals surface area (Å²) in [6.07, 6.45) is 5.03. The number of ether oxygens (including phenoxy) is 1. The summed E-state index contributed by atoms with van der Waals surface area (Å²) in [4.78, 5) is 10.6. The molecule has 1 aromatic heterocycles. The molecule has 17 heavy (non-hydrogen) atoms. The second-order valence-electron chi connectivity index (χ2n) is 5.05. The smallest absolute Gasteiger partial charge is 0.0940 e. The van der Waals surface area contributed by atoms with E-state index in [2.05, 4.69) is 14.9 Å². The Kier molecular flexibility index (Phi) is 3.71. The Hall–Kier alpha value is -1.04. The van der Waals surface area contributed by atoms with Gasteiger partial charge in [-0.15, -0.1) is 0 Å². The zero-order chi connectivity index (χ0) is 12.3. The van der Waals surface area contributed by atoms with Crippen LogP contribution in [-0.2, 0) is 11.3 Å². The summed E-state index contributed by atoms with van der Waals surface area (Å²) in [5.41, 5.74) is 0.718. The summed E-state index contributed by atoms with van der Waals surface area (Å²) in [5.74, 6) is 0. The maximum Gasteiger partial charge on any atom is 0.0940 e. The minimum Gasteiger partial charge on any atom is -0.394 e. The maximum absolute atomic E-state index is 9.23. The third kappa shape index (κ3) is 3.46. The predicted molar refractivity (Wildman–Crippen MR) is 63.3 cm³/mol. The van der Waals surface area contributed by atoms with E-state index < -0.39 is 0 Å². The number of nitrogens with zero attached hydrogens (tertiary/aromatic N) is 3. The fraction of sp³-hybridized carbons (Fsp3) is 0.667. The molecule has 0 radical (unpaired) electrons. The molecule has 5 heteroatoms. The van der Waals surface area contributed by atoms with Crippen LogP contribution in [0.3, 0.4) is 0 Å². The first-order valence-electron chi connectivity index (χ1n) is 5.85. The Morgan fingerprint density at radius 2 is 2.35 bits per heavy atom. The first kappa shape index (κ1) is 12.4. The first-order chi connectivity index (χ1) is 8.09. The third-order valence-corrected chi connectivity index (χ3v) is 2.76. The van der Waals surface area contributed by atoms with E-state index in [1.165, 1.54) is 0 Å². The van der Waals surface area contributed by atoms with Crippen molar-refractivity contribution in [2.75, 3.05) is 19.7 Å². The molecule has 0 aromatic carbocycles. The average molecular weight is 237 g/mol. The zero-order valence-electron chi connectivity index (χ0n) is 10.3. The second kappa shape index (κ2) is 5.08. The van der Waals surface area contributed by atoms with E-state index in [1.54, 1.807) is 18.6 Å². The van der Waals surface area contributed by atoms with Crippen LogP contribution >= 0.6 is 0 Å². The number of hydrogen-bond donors (Lipinski definition) is 1. The molecule has 1 unspecified atom stereocenters. The van der Waals surface area contributed by atoms with E-state index in [0.717, 1.165) is 25.3 Å². The molecule has 1 saturated heterocycles. The molecule has 5 nitrogen and oxygen atoms in total. The Bertz CT molecular complexity index is 356. The fourth-order valence-corrected chi connectivity index (χ4v) is 2.27. The van der Waals surface area contributed by atoms with Crippen LogP contribution in [0, 0.1) is 0 Å². The van der Waals surface area contributed by atoms with Crippen molar-refractivity contribution in [3.8, 4) is 0 Å². The first-order valence-corrected chi connectivity index (χ1v) is 5.85. The summed E-state index contributed by atoms with van der Waals surface area (Å²) in [7, 11) is 0. The highest BCUT2D eigenvalue weighted by atomic mass is 16.5. The van der Waals surface area contributed by atoms with E-state index in [9.17, 15) is 5.11 Å². The van der Waals surface area contributed by atoms with E-state index in [0.29, 0.717) is 0 Å². The minimum atomic E-state index is -0.228. The Balaban J connectivity index is 2.01. The lowest BCUT2D eigenvalue weighted by molar-refractivity contribution is -0.150. The Labute approximate surface area is 101 Å². The standard InChI is InChI=1S/C12H19N3O2/c1-12(2)9-15(7-11(8-16)17-12)6-10-5-13-3-4-14-10/h3-5,11,16H,6-9H2,1-2H3. The summed E-state index contributed by atoms with van der Waals surface area (Å²) in [6, 6.07) is 0. The Morgan fingerprint density at radius 1 is 1.53 bits per heavy atom. The highest BCUT2D eigenvalue weighted by molar-refractivity contribution is 4.96. The summed E-state index contributed by atoms with van der Waals surface area (Å²) < 4.78 is 5.76. The van der Waals surface area contributed by atoms with Gasteiger partial charge in [0.05, 0.1) is 24.0 Å². The van der Waals surface area contributed by atoms with Gasteiger partial charge in [0.1, 0.15) is 0 Å². The molecule has 0 bridgehead atoms. The largest absolute Gasteiger partial charge is 0.394 e. The highest BCUT2D eigenvalue weighted by Crippen LogP contribution is 2.21. The van der Waals surface area contributed by atoms with Crippen molar-refractivity contribution in [1.29, 1.82) is 0 Å². The van der Waals surface area contributed by atoms with Gasteiger partial charge < -0.3 is 9.84 Å².